The van der Waals surface area contributed by atoms with E-state index in [1.807, 2.05) is 55.4 Å². The number of benzene rings is 1. The summed E-state index contributed by atoms with van der Waals surface area (Å²) in [7, 11) is 1.93. The van der Waals surface area contributed by atoms with Crippen molar-refractivity contribution in [1.29, 1.82) is 0 Å². The van der Waals surface area contributed by atoms with Crippen molar-refractivity contribution in [3.05, 3.63) is 47.8 Å². The number of nitrogens with zero attached hydrogens (tertiary/aromatic N) is 3. The number of likely N-dealkylation sites (N-methyl/N-ethyl adjacent to an activating group) is 1. The zero-order valence-corrected chi connectivity index (χ0v) is 13.1. The van der Waals surface area contributed by atoms with Gasteiger partial charge in [-0.1, -0.05) is 18.2 Å². The van der Waals surface area contributed by atoms with Crippen molar-refractivity contribution < 1.29 is 4.79 Å². The van der Waals surface area contributed by atoms with E-state index >= 15 is 0 Å². The van der Waals surface area contributed by atoms with Gasteiger partial charge in [0.2, 0.25) is 0 Å². The summed E-state index contributed by atoms with van der Waals surface area (Å²) in [5.41, 5.74) is 2.45. The molecule has 1 aliphatic rings. The number of carbonyl (C=O) groups excluding carboxylic acids is 1. The molecule has 1 atom stereocenters. The van der Waals surface area contributed by atoms with Gasteiger partial charge in [-0.3, -0.25) is 4.79 Å². The van der Waals surface area contributed by atoms with Crippen LogP contribution in [-0.2, 0) is 0 Å². The van der Waals surface area contributed by atoms with Gasteiger partial charge in [0, 0.05) is 25.3 Å². The Morgan fingerprint density at radius 2 is 2.14 bits per heavy atom. The van der Waals surface area contributed by atoms with E-state index < -0.39 is 0 Å². The van der Waals surface area contributed by atoms with Gasteiger partial charge in [0.05, 0.1) is 16.9 Å². The normalized spacial score (nSPS) is 17.9. The fraction of sp³-hybridized carbons (Fsp3) is 0.412. The highest BCUT2D eigenvalue weighted by Crippen LogP contribution is 2.21. The van der Waals surface area contributed by atoms with E-state index in [2.05, 4.69) is 10.4 Å². The number of likely N-dealkylation sites (tertiary alicyclic amines) is 1. The fourth-order valence-electron chi connectivity index (χ4n) is 3.09. The highest BCUT2D eigenvalue weighted by Gasteiger charge is 2.30. The number of amides is 1. The van der Waals surface area contributed by atoms with Gasteiger partial charge in [-0.15, -0.1) is 0 Å². The maximum absolute atomic E-state index is 12.8. The Morgan fingerprint density at radius 3 is 2.86 bits per heavy atom. The summed E-state index contributed by atoms with van der Waals surface area (Å²) >= 11 is 0. The lowest BCUT2D eigenvalue weighted by atomic mass is 10.2. The van der Waals surface area contributed by atoms with Gasteiger partial charge in [0.1, 0.15) is 0 Å². The average molecular weight is 298 g/mol. The smallest absolute Gasteiger partial charge is 0.257 e. The molecule has 116 valence electrons. The third-order valence-corrected chi connectivity index (χ3v) is 4.23. The molecule has 1 saturated heterocycles. The van der Waals surface area contributed by atoms with E-state index in [4.69, 9.17) is 0 Å². The van der Waals surface area contributed by atoms with Crippen molar-refractivity contribution >= 4 is 5.91 Å². The minimum Gasteiger partial charge on any atom is -0.334 e. The van der Waals surface area contributed by atoms with Crippen LogP contribution in [0.15, 0.2) is 36.5 Å². The number of hydrogen-bond donors (Lipinski definition) is 1. The van der Waals surface area contributed by atoms with Gasteiger partial charge in [0.25, 0.3) is 5.91 Å². The lowest BCUT2D eigenvalue weighted by Crippen LogP contribution is -2.40. The van der Waals surface area contributed by atoms with E-state index in [-0.39, 0.29) is 11.9 Å². The van der Waals surface area contributed by atoms with E-state index in [1.165, 1.54) is 0 Å². The van der Waals surface area contributed by atoms with Gasteiger partial charge in [-0.05, 0) is 38.9 Å². The molecule has 1 aliphatic heterocycles. The third-order valence-electron chi connectivity index (χ3n) is 4.23. The van der Waals surface area contributed by atoms with Crippen LogP contribution in [0.25, 0.3) is 5.69 Å². The average Bonchev–Trinajstić information content (AvgIpc) is 3.15. The standard InChI is InChI=1S/C17H22N4O/c1-13-16(12-21(19-13)14-7-4-3-5-8-14)17(22)20-10-6-9-15(20)11-18-2/h3-5,7-8,12,15,18H,6,9-11H2,1-2H3. The second kappa shape index (κ2) is 6.32. The molecule has 2 aromatic rings. The molecule has 1 N–H and O–H groups in total. The minimum atomic E-state index is 0.0948. The molecule has 2 heterocycles. The molecule has 0 spiro atoms. The van der Waals surface area contributed by atoms with Crippen LogP contribution in [0.4, 0.5) is 0 Å². The molecule has 22 heavy (non-hydrogen) atoms. The van der Waals surface area contributed by atoms with Gasteiger partial charge in [-0.25, -0.2) is 4.68 Å². The maximum atomic E-state index is 12.8. The molecule has 3 rings (SSSR count). The highest BCUT2D eigenvalue weighted by atomic mass is 16.2. The topological polar surface area (TPSA) is 50.2 Å². The molecule has 1 aromatic carbocycles. The van der Waals surface area contributed by atoms with Gasteiger partial charge >= 0.3 is 0 Å². The van der Waals surface area contributed by atoms with Crippen LogP contribution < -0.4 is 5.32 Å². The number of para-hydroxylation sites is 1. The zero-order valence-electron chi connectivity index (χ0n) is 13.1. The molecule has 1 fully saturated rings. The molecule has 0 aliphatic carbocycles. The summed E-state index contributed by atoms with van der Waals surface area (Å²) in [5.74, 6) is 0.0948. The molecule has 0 saturated carbocycles. The van der Waals surface area contributed by atoms with Crippen LogP contribution >= 0.6 is 0 Å². The van der Waals surface area contributed by atoms with Crippen molar-refractivity contribution in [2.45, 2.75) is 25.8 Å². The first-order valence-electron chi connectivity index (χ1n) is 7.78. The van der Waals surface area contributed by atoms with Crippen LogP contribution in [0.1, 0.15) is 28.9 Å². The first-order valence-corrected chi connectivity index (χ1v) is 7.78. The molecule has 5 heteroatoms. The summed E-state index contributed by atoms with van der Waals surface area (Å²) in [4.78, 5) is 14.8. The van der Waals surface area contributed by atoms with E-state index in [0.717, 1.165) is 37.3 Å². The van der Waals surface area contributed by atoms with Gasteiger partial charge in [0.15, 0.2) is 0 Å². The predicted molar refractivity (Wildman–Crippen MR) is 86.3 cm³/mol. The van der Waals surface area contributed by atoms with Crippen LogP contribution in [0.3, 0.4) is 0 Å². The zero-order chi connectivity index (χ0) is 15.5. The molecular formula is C17H22N4O. The van der Waals surface area contributed by atoms with Gasteiger partial charge < -0.3 is 10.2 Å². The van der Waals surface area contributed by atoms with Crippen LogP contribution in [0.5, 0.6) is 0 Å². The van der Waals surface area contributed by atoms with Crippen molar-refractivity contribution in [2.75, 3.05) is 20.1 Å². The Hall–Kier alpha value is -2.14. The van der Waals surface area contributed by atoms with Crippen LogP contribution in [0, 0.1) is 6.92 Å². The number of rotatable bonds is 4. The van der Waals surface area contributed by atoms with Crippen molar-refractivity contribution in [2.24, 2.45) is 0 Å². The third kappa shape index (κ3) is 2.76. The minimum absolute atomic E-state index is 0.0948. The Bertz CT molecular complexity index is 650. The van der Waals surface area contributed by atoms with E-state index in [9.17, 15) is 4.79 Å². The van der Waals surface area contributed by atoms with Crippen LogP contribution in [0.2, 0.25) is 0 Å². The van der Waals surface area contributed by atoms with E-state index in [0.29, 0.717) is 5.56 Å². The largest absolute Gasteiger partial charge is 0.334 e. The summed E-state index contributed by atoms with van der Waals surface area (Å²) in [6, 6.07) is 10.2. The van der Waals surface area contributed by atoms with E-state index in [1.54, 1.807) is 4.68 Å². The number of carbonyl (C=O) groups is 1. The highest BCUT2D eigenvalue weighted by molar-refractivity contribution is 5.95. The lowest BCUT2D eigenvalue weighted by molar-refractivity contribution is 0.0736. The molecule has 1 unspecified atom stereocenters. The summed E-state index contributed by atoms with van der Waals surface area (Å²) in [6.07, 6.45) is 3.99. The number of hydrogen-bond acceptors (Lipinski definition) is 3. The van der Waals surface area contributed by atoms with Gasteiger partial charge in [-0.2, -0.15) is 5.10 Å². The Kier molecular flexibility index (Phi) is 4.24. The molecule has 1 aromatic heterocycles. The fourth-order valence-corrected chi connectivity index (χ4v) is 3.09. The first-order chi connectivity index (χ1) is 10.7. The van der Waals surface area contributed by atoms with Crippen molar-refractivity contribution in [1.82, 2.24) is 20.0 Å². The van der Waals surface area contributed by atoms with Crippen molar-refractivity contribution in [3.8, 4) is 5.69 Å². The Labute approximate surface area is 130 Å². The molecular weight excluding hydrogens is 276 g/mol. The summed E-state index contributed by atoms with van der Waals surface area (Å²) < 4.78 is 1.78. The molecule has 0 bridgehead atoms. The predicted octanol–water partition coefficient (Wildman–Crippen LogP) is 2.00. The molecule has 1 amide bonds. The number of aryl methyl sites for hydroxylation is 1. The second-order valence-electron chi connectivity index (χ2n) is 5.76. The lowest BCUT2D eigenvalue weighted by Gasteiger charge is -2.24. The second-order valence-corrected chi connectivity index (χ2v) is 5.76. The maximum Gasteiger partial charge on any atom is 0.257 e. The number of aromatic nitrogens is 2. The quantitative estimate of drug-likeness (QED) is 0.939. The number of nitrogens with one attached hydrogen (secondary N) is 1. The SMILES string of the molecule is CNCC1CCCN1C(=O)c1cn(-c2ccccc2)nc1C. The Morgan fingerprint density at radius 1 is 1.36 bits per heavy atom. The van der Waals surface area contributed by atoms with Crippen molar-refractivity contribution in [3.63, 3.8) is 0 Å². The summed E-state index contributed by atoms with van der Waals surface area (Å²) in [5, 5.41) is 7.67. The Balaban J connectivity index is 1.86. The van der Waals surface area contributed by atoms with Crippen LogP contribution in [-0.4, -0.2) is 46.8 Å². The molecule has 0 radical (unpaired) electrons. The first kappa shape index (κ1) is 14.8. The summed E-state index contributed by atoms with van der Waals surface area (Å²) in [6.45, 7) is 3.58. The monoisotopic (exact) mass is 298 g/mol. The molecule has 5 nitrogen and oxygen atoms in total.